The minimum absolute atomic E-state index is 0.0167. The lowest BCUT2D eigenvalue weighted by molar-refractivity contribution is -0.348. The second kappa shape index (κ2) is 14.9. The fraction of sp³-hybridized carbons (Fsp3) is 0.243. The van der Waals surface area contributed by atoms with Gasteiger partial charge in [0.05, 0.1) is 5.56 Å². The molecule has 4 nitrogen and oxygen atoms in total. The van der Waals surface area contributed by atoms with E-state index in [1.54, 1.807) is 48.5 Å². The normalized spacial score (nSPS) is 13.0. The highest BCUT2D eigenvalue weighted by Crippen LogP contribution is 2.53. The van der Waals surface area contributed by atoms with Gasteiger partial charge in [-0.15, -0.1) is 0 Å². The summed E-state index contributed by atoms with van der Waals surface area (Å²) in [6.45, 7) is 1.28. The Balaban J connectivity index is 1.51. The third kappa shape index (κ3) is 8.70. The number of carbonyl (C=O) groups excluding carboxylic acids is 1. The summed E-state index contributed by atoms with van der Waals surface area (Å²) in [6.07, 6.45) is -6.58. The predicted octanol–water partition coefficient (Wildman–Crippen LogP) is 9.96. The largest absolute Gasteiger partial charge is 0.488 e. The van der Waals surface area contributed by atoms with Crippen LogP contribution in [0, 0.1) is 5.92 Å². The van der Waals surface area contributed by atoms with Gasteiger partial charge in [0, 0.05) is 16.7 Å². The van der Waals surface area contributed by atoms with Gasteiger partial charge < -0.3 is 9.84 Å². The lowest BCUT2D eigenvalue weighted by Gasteiger charge is -2.30. The van der Waals surface area contributed by atoms with Crippen LogP contribution in [0.2, 0.25) is 0 Å². The first-order valence-corrected chi connectivity index (χ1v) is 14.8. The molecule has 0 spiro atoms. The highest BCUT2D eigenvalue weighted by atomic mass is 19.4. The minimum atomic E-state index is -6.20. The number of Topliss-reactive ketones (excluding diaryl/α,β-unsaturated/α-hetero) is 1. The van der Waals surface area contributed by atoms with Crippen molar-refractivity contribution in [3.8, 4) is 5.75 Å². The Labute approximate surface area is 272 Å². The molecule has 0 aliphatic carbocycles. The first kappa shape index (κ1) is 35.9. The Kier molecular flexibility index (Phi) is 11.1. The molecule has 0 aliphatic rings. The zero-order chi connectivity index (χ0) is 35.1. The molecule has 0 aromatic heterocycles. The van der Waals surface area contributed by atoms with Gasteiger partial charge in [0.25, 0.3) is 0 Å². The molecule has 1 unspecified atom stereocenters. The molecule has 1 N–H and O–H groups in total. The number of hydrogen-bond donors (Lipinski definition) is 1. The van der Waals surface area contributed by atoms with E-state index in [0.717, 1.165) is 23.3 Å². The number of benzene rings is 4. The van der Waals surface area contributed by atoms with Crippen molar-refractivity contribution in [2.24, 2.45) is 5.92 Å². The van der Waals surface area contributed by atoms with Crippen LogP contribution in [0.15, 0.2) is 103 Å². The van der Waals surface area contributed by atoms with E-state index in [2.05, 4.69) is 0 Å². The molecule has 0 amide bonds. The molecule has 0 bridgehead atoms. The molecule has 252 valence electrons. The quantitative estimate of drug-likeness (QED) is 0.113. The SMILES string of the molecule is CC(=O)c1ccc(CCC(/C=C/c2ccccc2OCc2ccc(C(F)(C(F)(F)F)C(F)(F)F)cc2)Cc2ccc(C(=O)O)cc2)cc1. The number of allylic oxidation sites excluding steroid dienone is 1. The lowest BCUT2D eigenvalue weighted by Crippen LogP contribution is -2.50. The summed E-state index contributed by atoms with van der Waals surface area (Å²) >= 11 is 0. The van der Waals surface area contributed by atoms with E-state index in [0.29, 0.717) is 48.3 Å². The zero-order valence-electron chi connectivity index (χ0n) is 25.6. The smallest absolute Gasteiger partial charge is 0.435 e. The summed E-state index contributed by atoms with van der Waals surface area (Å²) < 4.78 is 98.9. The number of hydrogen-bond acceptors (Lipinski definition) is 3. The Hall–Kier alpha value is -4.93. The van der Waals surface area contributed by atoms with Crippen LogP contribution in [0.4, 0.5) is 30.7 Å². The van der Waals surface area contributed by atoms with Crippen LogP contribution >= 0.6 is 0 Å². The van der Waals surface area contributed by atoms with E-state index in [9.17, 15) is 45.4 Å². The number of carbonyl (C=O) groups is 2. The molecule has 0 saturated carbocycles. The van der Waals surface area contributed by atoms with E-state index in [-0.39, 0.29) is 29.4 Å². The lowest BCUT2D eigenvalue weighted by atomic mass is 9.91. The molecule has 48 heavy (non-hydrogen) atoms. The van der Waals surface area contributed by atoms with E-state index < -0.39 is 29.6 Å². The third-order valence-electron chi connectivity index (χ3n) is 7.86. The van der Waals surface area contributed by atoms with E-state index in [1.807, 2.05) is 24.3 Å². The molecule has 0 saturated heterocycles. The van der Waals surface area contributed by atoms with Crippen molar-refractivity contribution in [1.82, 2.24) is 0 Å². The summed E-state index contributed by atoms with van der Waals surface area (Å²) in [5, 5.41) is 9.24. The van der Waals surface area contributed by atoms with Crippen molar-refractivity contribution < 1.29 is 50.2 Å². The van der Waals surface area contributed by atoms with Crippen LogP contribution in [0.25, 0.3) is 6.08 Å². The van der Waals surface area contributed by atoms with Gasteiger partial charge in [0.15, 0.2) is 5.78 Å². The van der Waals surface area contributed by atoms with Gasteiger partial charge in [0.1, 0.15) is 12.4 Å². The van der Waals surface area contributed by atoms with Crippen molar-refractivity contribution in [3.63, 3.8) is 0 Å². The molecule has 0 fully saturated rings. The maximum absolute atomic E-state index is 14.4. The van der Waals surface area contributed by atoms with Crippen LogP contribution in [-0.4, -0.2) is 29.2 Å². The topological polar surface area (TPSA) is 63.6 Å². The van der Waals surface area contributed by atoms with Crippen LogP contribution in [0.3, 0.4) is 0 Å². The fourth-order valence-corrected chi connectivity index (χ4v) is 5.08. The Morgan fingerprint density at radius 2 is 1.27 bits per heavy atom. The van der Waals surface area contributed by atoms with Crippen LogP contribution in [0.1, 0.15) is 61.9 Å². The van der Waals surface area contributed by atoms with Gasteiger partial charge in [-0.1, -0.05) is 91.0 Å². The second-order valence-corrected chi connectivity index (χ2v) is 11.3. The summed E-state index contributed by atoms with van der Waals surface area (Å²) in [6, 6.07) is 23.6. The van der Waals surface area contributed by atoms with Crippen molar-refractivity contribution in [2.45, 2.75) is 50.8 Å². The van der Waals surface area contributed by atoms with E-state index >= 15 is 0 Å². The van der Waals surface area contributed by atoms with Crippen molar-refractivity contribution >= 4 is 17.8 Å². The number of ketones is 1. The molecular weight excluding hydrogens is 641 g/mol. The highest BCUT2D eigenvalue weighted by molar-refractivity contribution is 5.94. The molecule has 4 aromatic rings. The average Bonchev–Trinajstić information content (AvgIpc) is 3.04. The molecule has 0 radical (unpaired) electrons. The number of rotatable bonds is 13. The van der Waals surface area contributed by atoms with Gasteiger partial charge in [-0.25, -0.2) is 9.18 Å². The number of halogens is 7. The van der Waals surface area contributed by atoms with Crippen molar-refractivity contribution in [1.29, 1.82) is 0 Å². The van der Waals surface area contributed by atoms with Crippen LogP contribution in [-0.2, 0) is 25.1 Å². The summed E-state index contributed by atoms with van der Waals surface area (Å²) in [4.78, 5) is 22.9. The van der Waals surface area contributed by atoms with E-state index in [1.165, 1.54) is 19.1 Å². The standard InChI is InChI=1S/C37H31F7O4/c1-24(45)29-15-8-25(9-16-29)6-7-26(22-27-11-18-31(19-12-27)34(46)47)10-17-30-4-2-3-5-33(30)48-23-28-13-20-32(21-14-28)35(38,36(39,40)41)37(42,43)44/h2-5,8-21,26H,6-7,22-23H2,1H3,(H,46,47)/b17-10+. The van der Waals surface area contributed by atoms with Crippen LogP contribution in [0.5, 0.6) is 5.75 Å². The fourth-order valence-electron chi connectivity index (χ4n) is 5.08. The maximum Gasteiger partial charge on any atom is 0.435 e. The molecular formula is C37H31F7O4. The van der Waals surface area contributed by atoms with Crippen LogP contribution < -0.4 is 4.74 Å². The monoisotopic (exact) mass is 672 g/mol. The van der Waals surface area contributed by atoms with Gasteiger partial charge in [-0.2, -0.15) is 26.3 Å². The second-order valence-electron chi connectivity index (χ2n) is 11.3. The number of alkyl halides is 7. The average molecular weight is 673 g/mol. The molecule has 0 heterocycles. The number of aromatic carboxylic acids is 1. The maximum atomic E-state index is 14.4. The first-order chi connectivity index (χ1) is 22.6. The van der Waals surface area contributed by atoms with Gasteiger partial charge >= 0.3 is 24.0 Å². The summed E-state index contributed by atoms with van der Waals surface area (Å²) in [5.74, 6) is -0.683. The number of carboxylic acids is 1. The number of para-hydroxylation sites is 1. The minimum Gasteiger partial charge on any atom is -0.488 e. The molecule has 0 aliphatic heterocycles. The number of aryl methyl sites for hydroxylation is 1. The van der Waals surface area contributed by atoms with Gasteiger partial charge in [0.2, 0.25) is 0 Å². The van der Waals surface area contributed by atoms with Gasteiger partial charge in [-0.05, 0) is 67.0 Å². The molecule has 4 aromatic carbocycles. The number of ether oxygens (including phenoxy) is 1. The highest BCUT2D eigenvalue weighted by Gasteiger charge is 2.73. The Bertz CT molecular complexity index is 1710. The van der Waals surface area contributed by atoms with Crippen molar-refractivity contribution in [3.05, 3.63) is 142 Å². The first-order valence-electron chi connectivity index (χ1n) is 14.8. The zero-order valence-corrected chi connectivity index (χ0v) is 25.6. The molecule has 1 atom stereocenters. The molecule has 11 heteroatoms. The van der Waals surface area contributed by atoms with E-state index in [4.69, 9.17) is 4.74 Å². The predicted molar refractivity (Wildman–Crippen MR) is 167 cm³/mol. The summed E-state index contributed by atoms with van der Waals surface area (Å²) in [7, 11) is 0. The molecule has 4 rings (SSSR count). The third-order valence-corrected chi connectivity index (χ3v) is 7.86. The van der Waals surface area contributed by atoms with Crippen molar-refractivity contribution in [2.75, 3.05) is 0 Å². The Morgan fingerprint density at radius 3 is 1.83 bits per heavy atom. The Morgan fingerprint density at radius 1 is 0.729 bits per heavy atom. The van der Waals surface area contributed by atoms with Gasteiger partial charge in [-0.3, -0.25) is 4.79 Å². The summed E-state index contributed by atoms with van der Waals surface area (Å²) in [5.41, 5.74) is -3.48. The number of carboxylic acid groups (broad SMARTS) is 1.